The molecule has 4 rings (SSSR count). The highest BCUT2D eigenvalue weighted by Crippen LogP contribution is 2.37. The largest absolute Gasteiger partial charge is 0.498 e. The third kappa shape index (κ3) is 4.74. The van der Waals surface area contributed by atoms with Crippen LogP contribution in [0.1, 0.15) is 33.3 Å². The maximum absolute atomic E-state index is 6.36. The predicted octanol–water partition coefficient (Wildman–Crippen LogP) is 1.69. The second-order valence-electron chi connectivity index (χ2n) is 8.43. The van der Waals surface area contributed by atoms with E-state index in [4.69, 9.17) is 14.0 Å². The van der Waals surface area contributed by atoms with Crippen LogP contribution < -0.4 is 31.4 Å². The van der Waals surface area contributed by atoms with Crippen LogP contribution in [-0.2, 0) is 15.9 Å². The van der Waals surface area contributed by atoms with Gasteiger partial charge in [0.25, 0.3) is 0 Å². The molecule has 1 heterocycles. The van der Waals surface area contributed by atoms with Gasteiger partial charge in [-0.1, -0.05) is 48.5 Å². The molecule has 3 aromatic carbocycles. The SMILES string of the molecule is CC1(C)OB(c2cc([I+]c3ccccc3)ccc2OCc2ccccc2)OC1(C)C. The highest BCUT2D eigenvalue weighted by Gasteiger charge is 2.52. The summed E-state index contributed by atoms with van der Waals surface area (Å²) in [5, 5.41) is 0. The fourth-order valence-corrected chi connectivity index (χ4v) is 5.55. The highest BCUT2D eigenvalue weighted by molar-refractivity contribution is 6.63. The monoisotopic (exact) mass is 513 g/mol. The topological polar surface area (TPSA) is 27.7 Å². The summed E-state index contributed by atoms with van der Waals surface area (Å²) in [6.45, 7) is 8.84. The Hall–Kier alpha value is -1.83. The van der Waals surface area contributed by atoms with Crippen molar-refractivity contribution in [1.82, 2.24) is 0 Å². The van der Waals surface area contributed by atoms with Crippen molar-refractivity contribution >= 4 is 12.6 Å². The molecule has 0 amide bonds. The highest BCUT2D eigenvalue weighted by atomic mass is 127. The van der Waals surface area contributed by atoms with E-state index in [2.05, 4.69) is 88.4 Å². The van der Waals surface area contributed by atoms with Crippen molar-refractivity contribution in [2.45, 2.75) is 45.5 Å². The molecule has 1 fully saturated rings. The van der Waals surface area contributed by atoms with E-state index in [-0.39, 0.29) is 21.2 Å². The van der Waals surface area contributed by atoms with Crippen LogP contribution in [0.3, 0.4) is 0 Å². The molecular formula is C25H27BIO3+. The lowest BCUT2D eigenvalue weighted by atomic mass is 9.78. The molecule has 0 N–H and O–H groups in total. The van der Waals surface area contributed by atoms with E-state index in [0.717, 1.165) is 16.8 Å². The van der Waals surface area contributed by atoms with E-state index in [1.165, 1.54) is 7.14 Å². The quantitative estimate of drug-likeness (QED) is 0.371. The Labute approximate surface area is 190 Å². The zero-order valence-corrected chi connectivity index (χ0v) is 20.1. The average molecular weight is 513 g/mol. The Bertz CT molecular complexity index is 974. The Kier molecular flexibility index (Phi) is 6.23. The lowest BCUT2D eigenvalue weighted by molar-refractivity contribution is -0.597. The molecular weight excluding hydrogens is 486 g/mol. The van der Waals surface area contributed by atoms with Crippen molar-refractivity contribution in [3.8, 4) is 5.75 Å². The predicted molar refractivity (Wildman–Crippen MR) is 117 cm³/mol. The van der Waals surface area contributed by atoms with Gasteiger partial charge in [0.05, 0.1) is 11.2 Å². The van der Waals surface area contributed by atoms with Crippen molar-refractivity contribution in [2.24, 2.45) is 0 Å². The van der Waals surface area contributed by atoms with Gasteiger partial charge in [-0.3, -0.25) is 0 Å². The van der Waals surface area contributed by atoms with Gasteiger partial charge in [-0.25, -0.2) is 0 Å². The van der Waals surface area contributed by atoms with Crippen LogP contribution in [0.2, 0.25) is 0 Å². The molecule has 3 aromatic rings. The Morgan fingerprint density at radius 2 is 1.37 bits per heavy atom. The van der Waals surface area contributed by atoms with Gasteiger partial charge >= 0.3 is 28.3 Å². The molecule has 1 saturated heterocycles. The number of benzene rings is 3. The van der Waals surface area contributed by atoms with Crippen molar-refractivity contribution in [1.29, 1.82) is 0 Å². The van der Waals surface area contributed by atoms with Gasteiger partial charge in [0.1, 0.15) is 12.4 Å². The number of halogens is 1. The molecule has 30 heavy (non-hydrogen) atoms. The zero-order valence-electron chi connectivity index (χ0n) is 17.9. The normalized spacial score (nSPS) is 17.1. The summed E-state index contributed by atoms with van der Waals surface area (Å²) in [7, 11) is -0.444. The fourth-order valence-electron chi connectivity index (χ4n) is 3.20. The molecule has 0 saturated carbocycles. The molecule has 0 atom stereocenters. The van der Waals surface area contributed by atoms with Crippen LogP contribution in [0.15, 0.2) is 78.9 Å². The summed E-state index contributed by atoms with van der Waals surface area (Å²) >= 11 is -0.286. The fraction of sp³-hybridized carbons (Fsp3) is 0.280. The summed E-state index contributed by atoms with van der Waals surface area (Å²) in [5.41, 5.74) is 1.33. The molecule has 0 unspecified atom stereocenters. The van der Waals surface area contributed by atoms with Gasteiger partial charge in [0.2, 0.25) is 0 Å². The second kappa shape index (κ2) is 8.73. The van der Waals surface area contributed by atoms with E-state index >= 15 is 0 Å². The van der Waals surface area contributed by atoms with Crippen molar-refractivity contribution < 1.29 is 35.3 Å². The van der Waals surface area contributed by atoms with Crippen molar-refractivity contribution in [3.63, 3.8) is 0 Å². The first-order chi connectivity index (χ1) is 14.3. The maximum Gasteiger partial charge on any atom is 0.498 e. The van der Waals surface area contributed by atoms with Crippen LogP contribution in [-0.4, -0.2) is 18.3 Å². The number of hydrogen-bond acceptors (Lipinski definition) is 3. The van der Waals surface area contributed by atoms with Crippen molar-refractivity contribution in [2.75, 3.05) is 0 Å². The van der Waals surface area contributed by atoms with Gasteiger partial charge in [-0.15, -0.1) is 0 Å². The molecule has 154 valence electrons. The second-order valence-corrected chi connectivity index (χ2v) is 11.5. The third-order valence-electron chi connectivity index (χ3n) is 5.67. The van der Waals surface area contributed by atoms with Gasteiger partial charge in [-0.2, -0.15) is 0 Å². The van der Waals surface area contributed by atoms with Crippen LogP contribution in [0.5, 0.6) is 5.75 Å². The maximum atomic E-state index is 6.36. The van der Waals surface area contributed by atoms with Crippen LogP contribution in [0.4, 0.5) is 0 Å². The lowest BCUT2D eigenvalue weighted by Gasteiger charge is -2.32. The minimum absolute atomic E-state index is 0.286. The molecule has 5 heteroatoms. The number of ether oxygens (including phenoxy) is 1. The molecule has 1 aliphatic rings. The zero-order chi connectivity index (χ0) is 21.2. The van der Waals surface area contributed by atoms with Gasteiger partial charge in [0, 0.05) is 5.46 Å². The molecule has 0 aromatic heterocycles. The first-order valence-electron chi connectivity index (χ1n) is 10.2. The van der Waals surface area contributed by atoms with E-state index in [9.17, 15) is 0 Å². The number of hydrogen-bond donors (Lipinski definition) is 0. The Balaban J connectivity index is 1.63. The summed E-state index contributed by atoms with van der Waals surface area (Å²) in [6, 6.07) is 27.3. The van der Waals surface area contributed by atoms with E-state index in [1.807, 2.05) is 18.2 Å². The minimum Gasteiger partial charge on any atom is -0.489 e. The van der Waals surface area contributed by atoms with Crippen LogP contribution in [0.25, 0.3) is 0 Å². The molecule has 0 bridgehead atoms. The van der Waals surface area contributed by atoms with Gasteiger partial charge in [-0.05, 0) is 63.6 Å². The van der Waals surface area contributed by atoms with Crippen molar-refractivity contribution in [3.05, 3.63) is 91.6 Å². The van der Waals surface area contributed by atoms with E-state index < -0.39 is 18.3 Å². The molecule has 3 nitrogen and oxygen atoms in total. The summed E-state index contributed by atoms with van der Waals surface area (Å²) in [4.78, 5) is 0. The lowest BCUT2D eigenvalue weighted by Crippen LogP contribution is -3.61. The Morgan fingerprint density at radius 3 is 2.00 bits per heavy atom. The van der Waals surface area contributed by atoms with Crippen LogP contribution in [0, 0.1) is 7.14 Å². The van der Waals surface area contributed by atoms with E-state index in [1.54, 1.807) is 0 Å². The average Bonchev–Trinajstić information content (AvgIpc) is 2.95. The minimum atomic E-state index is -0.444. The standard InChI is InChI=1S/C25H27BIO3/c1-24(2)25(3,4)30-26(29-24)22-17-21(27-20-13-9-6-10-14-20)15-16-23(22)28-18-19-11-7-5-8-12-19/h5-17H,18H2,1-4H3/q+1. The van der Waals surface area contributed by atoms with Gasteiger partial charge in [0.15, 0.2) is 7.14 Å². The third-order valence-corrected chi connectivity index (χ3v) is 8.30. The Morgan fingerprint density at radius 1 is 0.767 bits per heavy atom. The molecule has 1 aliphatic heterocycles. The molecule has 0 aliphatic carbocycles. The van der Waals surface area contributed by atoms with Crippen LogP contribution >= 0.6 is 0 Å². The van der Waals surface area contributed by atoms with E-state index in [0.29, 0.717) is 6.61 Å². The summed E-state index contributed by atoms with van der Waals surface area (Å²) < 4.78 is 21.6. The smallest absolute Gasteiger partial charge is 0.489 e. The molecule has 0 spiro atoms. The van der Waals surface area contributed by atoms with Gasteiger partial charge < -0.3 is 14.0 Å². The first kappa shape index (κ1) is 21.4. The number of rotatable bonds is 6. The first-order valence-corrected chi connectivity index (χ1v) is 12.4. The summed E-state index contributed by atoms with van der Waals surface area (Å²) in [6.07, 6.45) is 0. The summed E-state index contributed by atoms with van der Waals surface area (Å²) in [5.74, 6) is 0.818. The molecule has 0 radical (unpaired) electrons.